The Morgan fingerprint density at radius 3 is 2.25 bits per heavy atom. The second-order valence-corrected chi connectivity index (χ2v) is 5.93. The van der Waals surface area contributed by atoms with Crippen molar-refractivity contribution in [3.8, 4) is 0 Å². The first-order valence-corrected chi connectivity index (χ1v) is 7.31. The molecule has 0 spiro atoms. The number of thiophene rings is 1. The molecule has 1 aromatic rings. The van der Waals surface area contributed by atoms with Crippen LogP contribution in [0.2, 0.25) is 0 Å². The topological polar surface area (TPSA) is 12.0 Å². The molecule has 0 radical (unpaired) electrons. The summed E-state index contributed by atoms with van der Waals surface area (Å²) in [6.45, 7) is 8.99. The predicted molar refractivity (Wildman–Crippen MR) is 74.2 cm³/mol. The number of nitrogens with one attached hydrogen (secondary N) is 1. The van der Waals surface area contributed by atoms with E-state index in [0.29, 0.717) is 12.1 Å². The molecule has 1 nitrogen and oxygen atoms in total. The monoisotopic (exact) mass is 239 g/mol. The third-order valence-corrected chi connectivity index (χ3v) is 4.13. The van der Waals surface area contributed by atoms with E-state index in [9.17, 15) is 0 Å². The molecule has 1 unspecified atom stereocenters. The molecule has 1 heterocycles. The lowest BCUT2D eigenvalue weighted by molar-refractivity contribution is 0.405. The third kappa shape index (κ3) is 4.26. The molecule has 1 rings (SSSR count). The number of hydrogen-bond donors (Lipinski definition) is 1. The first kappa shape index (κ1) is 13.7. The quantitative estimate of drug-likeness (QED) is 0.728. The van der Waals surface area contributed by atoms with E-state index < -0.39 is 0 Å². The molecule has 16 heavy (non-hydrogen) atoms. The summed E-state index contributed by atoms with van der Waals surface area (Å²) < 4.78 is 0. The molecular formula is C14H25NS. The molecule has 0 aliphatic heterocycles. The molecule has 0 saturated carbocycles. The van der Waals surface area contributed by atoms with E-state index in [4.69, 9.17) is 0 Å². The molecule has 2 heteroatoms. The SMILES string of the molecule is CCCC(CCC)NC(C)c1ccc(C)s1. The Balaban J connectivity index is 2.50. The molecule has 1 N–H and O–H groups in total. The van der Waals surface area contributed by atoms with Gasteiger partial charge in [-0.2, -0.15) is 0 Å². The van der Waals surface area contributed by atoms with Gasteiger partial charge in [-0.3, -0.25) is 0 Å². The average Bonchev–Trinajstić information content (AvgIpc) is 2.65. The van der Waals surface area contributed by atoms with Crippen LogP contribution in [0.25, 0.3) is 0 Å². The fourth-order valence-electron chi connectivity index (χ4n) is 2.13. The van der Waals surface area contributed by atoms with E-state index in [0.717, 1.165) is 0 Å². The molecule has 1 atom stereocenters. The van der Waals surface area contributed by atoms with Crippen molar-refractivity contribution in [1.82, 2.24) is 5.32 Å². The van der Waals surface area contributed by atoms with E-state index in [-0.39, 0.29) is 0 Å². The minimum Gasteiger partial charge on any atom is -0.307 e. The maximum atomic E-state index is 3.76. The highest BCUT2D eigenvalue weighted by Crippen LogP contribution is 2.23. The molecule has 0 bridgehead atoms. The maximum Gasteiger partial charge on any atom is 0.0388 e. The van der Waals surface area contributed by atoms with Crippen LogP contribution < -0.4 is 5.32 Å². The van der Waals surface area contributed by atoms with Crippen molar-refractivity contribution in [3.63, 3.8) is 0 Å². The lowest BCUT2D eigenvalue weighted by Gasteiger charge is -2.22. The summed E-state index contributed by atoms with van der Waals surface area (Å²) in [5.41, 5.74) is 0. The summed E-state index contributed by atoms with van der Waals surface area (Å²) in [7, 11) is 0. The van der Waals surface area contributed by atoms with Gasteiger partial charge in [-0.15, -0.1) is 11.3 Å². The minimum atomic E-state index is 0.502. The molecule has 0 aliphatic carbocycles. The smallest absolute Gasteiger partial charge is 0.0388 e. The van der Waals surface area contributed by atoms with Gasteiger partial charge in [0.1, 0.15) is 0 Å². The zero-order chi connectivity index (χ0) is 12.0. The average molecular weight is 239 g/mol. The largest absolute Gasteiger partial charge is 0.307 e. The summed E-state index contributed by atoms with van der Waals surface area (Å²) in [5.74, 6) is 0. The molecule has 0 saturated heterocycles. The lowest BCUT2D eigenvalue weighted by atomic mass is 10.1. The van der Waals surface area contributed by atoms with Crippen molar-refractivity contribution < 1.29 is 0 Å². The Kier molecular flexibility index (Phi) is 6.07. The second kappa shape index (κ2) is 7.08. The molecule has 0 fully saturated rings. The summed E-state index contributed by atoms with van der Waals surface area (Å²) >= 11 is 1.91. The molecular weight excluding hydrogens is 214 g/mol. The van der Waals surface area contributed by atoms with Gasteiger partial charge in [0.15, 0.2) is 0 Å². The fourth-order valence-corrected chi connectivity index (χ4v) is 3.02. The lowest BCUT2D eigenvalue weighted by Crippen LogP contribution is -2.30. The third-order valence-electron chi connectivity index (χ3n) is 2.95. The van der Waals surface area contributed by atoms with E-state index in [1.807, 2.05) is 11.3 Å². The van der Waals surface area contributed by atoms with Crippen LogP contribution in [0, 0.1) is 6.92 Å². The normalized spacial score (nSPS) is 13.3. The zero-order valence-corrected chi connectivity index (χ0v) is 11.9. The summed E-state index contributed by atoms with van der Waals surface area (Å²) in [6.07, 6.45) is 5.13. The van der Waals surface area contributed by atoms with Gasteiger partial charge in [0.25, 0.3) is 0 Å². The van der Waals surface area contributed by atoms with Crippen molar-refractivity contribution in [2.75, 3.05) is 0 Å². The molecule has 0 amide bonds. The standard InChI is InChI=1S/C14H25NS/c1-5-7-13(8-6-2)15-12(4)14-10-9-11(3)16-14/h9-10,12-13,15H,5-8H2,1-4H3. The van der Waals surface area contributed by atoms with Gasteiger partial charge < -0.3 is 5.32 Å². The number of hydrogen-bond acceptors (Lipinski definition) is 2. The Morgan fingerprint density at radius 1 is 1.19 bits per heavy atom. The molecule has 92 valence electrons. The van der Waals surface area contributed by atoms with Gasteiger partial charge in [-0.1, -0.05) is 26.7 Å². The molecule has 1 aromatic heterocycles. The van der Waals surface area contributed by atoms with Crippen molar-refractivity contribution in [3.05, 3.63) is 21.9 Å². The van der Waals surface area contributed by atoms with E-state index in [1.54, 1.807) is 0 Å². The second-order valence-electron chi connectivity index (χ2n) is 4.61. The highest BCUT2D eigenvalue weighted by atomic mass is 32.1. The van der Waals surface area contributed by atoms with Gasteiger partial charge >= 0.3 is 0 Å². The highest BCUT2D eigenvalue weighted by Gasteiger charge is 2.13. The van der Waals surface area contributed by atoms with Crippen LogP contribution in [-0.2, 0) is 0 Å². The number of aryl methyl sites for hydroxylation is 1. The summed E-state index contributed by atoms with van der Waals surface area (Å²) in [6, 6.07) is 5.66. The van der Waals surface area contributed by atoms with Gasteiger partial charge in [0, 0.05) is 21.8 Å². The maximum absolute atomic E-state index is 3.76. The number of rotatable bonds is 7. The first-order chi connectivity index (χ1) is 7.67. The Bertz CT molecular complexity index is 287. The summed E-state index contributed by atoms with van der Waals surface area (Å²) in [5, 5.41) is 3.76. The Labute approximate surface area is 104 Å². The van der Waals surface area contributed by atoms with Gasteiger partial charge in [-0.05, 0) is 38.8 Å². The van der Waals surface area contributed by atoms with Gasteiger partial charge in [-0.25, -0.2) is 0 Å². The van der Waals surface area contributed by atoms with Crippen LogP contribution in [0.3, 0.4) is 0 Å². The molecule has 0 aromatic carbocycles. The predicted octanol–water partition coefficient (Wildman–Crippen LogP) is 4.68. The first-order valence-electron chi connectivity index (χ1n) is 6.49. The van der Waals surface area contributed by atoms with Crippen molar-refractivity contribution in [2.45, 2.75) is 65.5 Å². The van der Waals surface area contributed by atoms with E-state index in [2.05, 4.69) is 45.1 Å². The Morgan fingerprint density at radius 2 is 1.81 bits per heavy atom. The fraction of sp³-hybridized carbons (Fsp3) is 0.714. The van der Waals surface area contributed by atoms with Crippen molar-refractivity contribution >= 4 is 11.3 Å². The van der Waals surface area contributed by atoms with Crippen LogP contribution in [0.15, 0.2) is 12.1 Å². The van der Waals surface area contributed by atoms with Crippen LogP contribution in [0.5, 0.6) is 0 Å². The summed E-state index contributed by atoms with van der Waals surface area (Å²) in [4.78, 5) is 2.88. The Hall–Kier alpha value is -0.340. The molecule has 0 aliphatic rings. The van der Waals surface area contributed by atoms with E-state index >= 15 is 0 Å². The van der Waals surface area contributed by atoms with Crippen molar-refractivity contribution in [1.29, 1.82) is 0 Å². The van der Waals surface area contributed by atoms with Gasteiger partial charge in [0.2, 0.25) is 0 Å². The van der Waals surface area contributed by atoms with Crippen LogP contribution >= 0.6 is 11.3 Å². The van der Waals surface area contributed by atoms with Crippen LogP contribution in [0.4, 0.5) is 0 Å². The van der Waals surface area contributed by atoms with Crippen LogP contribution in [-0.4, -0.2) is 6.04 Å². The van der Waals surface area contributed by atoms with Crippen molar-refractivity contribution in [2.24, 2.45) is 0 Å². The van der Waals surface area contributed by atoms with E-state index in [1.165, 1.54) is 35.4 Å². The highest BCUT2D eigenvalue weighted by molar-refractivity contribution is 7.12. The van der Waals surface area contributed by atoms with Crippen LogP contribution in [0.1, 0.15) is 62.3 Å². The zero-order valence-electron chi connectivity index (χ0n) is 11.0. The van der Waals surface area contributed by atoms with Gasteiger partial charge in [0.05, 0.1) is 0 Å². The minimum absolute atomic E-state index is 0.502.